The van der Waals surface area contributed by atoms with Crippen molar-refractivity contribution in [2.75, 3.05) is 60.1 Å². The predicted molar refractivity (Wildman–Crippen MR) is 256 cm³/mol. The Kier molecular flexibility index (Phi) is 18.3. The van der Waals surface area contributed by atoms with Crippen LogP contribution in [0.1, 0.15) is 108 Å². The SMILES string of the molecule is CCOC(=O)N1c2cc(C)c(C)cc2N([C@@H](C(=O)OC)c2cc(C(F)(F)F)cc(C(F)(F)F)c2)C[C@H]1CC.CCOC(=O)N1c2cc(C)c(C)cc2N([C@H](C(=O)OC)c2cc(C(F)(F)F)cc(C(F)(F)F)c2)C[C@H]1CC. The predicted octanol–water partition coefficient (Wildman–Crippen LogP) is 13.6. The minimum Gasteiger partial charge on any atom is -0.467 e. The number of esters is 2. The number of amides is 2. The number of fused-ring (bicyclic) bond motifs is 2. The highest BCUT2D eigenvalue weighted by Gasteiger charge is 2.46. The molecule has 4 aromatic rings. The molecule has 12 nitrogen and oxygen atoms in total. The molecule has 0 N–H and O–H groups in total. The fraction of sp³-hybridized carbons (Fsp3) is 0.462. The minimum absolute atomic E-state index is 0.00678. The van der Waals surface area contributed by atoms with Crippen molar-refractivity contribution in [3.8, 4) is 0 Å². The number of methoxy groups -OCH3 is 2. The highest BCUT2D eigenvalue weighted by molar-refractivity contribution is 5.98. The molecule has 0 saturated carbocycles. The van der Waals surface area contributed by atoms with Crippen molar-refractivity contribution in [2.45, 2.75) is 117 Å². The molecule has 2 heterocycles. The first kappa shape index (κ1) is 60.0. The summed E-state index contributed by atoms with van der Waals surface area (Å²) in [5.74, 6) is -2.11. The Hall–Kier alpha value is -6.88. The summed E-state index contributed by atoms with van der Waals surface area (Å²) in [6, 6.07) is 4.19. The van der Waals surface area contributed by atoms with Crippen molar-refractivity contribution in [2.24, 2.45) is 0 Å². The van der Waals surface area contributed by atoms with Gasteiger partial charge in [-0.3, -0.25) is 9.80 Å². The van der Waals surface area contributed by atoms with E-state index in [4.69, 9.17) is 18.9 Å². The molecule has 2 aliphatic rings. The number of benzene rings is 4. The fourth-order valence-electron chi connectivity index (χ4n) is 9.00. The second-order valence-electron chi connectivity index (χ2n) is 17.9. The van der Waals surface area contributed by atoms with Crippen molar-refractivity contribution in [3.63, 3.8) is 0 Å². The fourth-order valence-corrected chi connectivity index (χ4v) is 9.00. The maximum absolute atomic E-state index is 13.6. The number of hydrogen-bond acceptors (Lipinski definition) is 10. The van der Waals surface area contributed by atoms with Gasteiger partial charge in [0.2, 0.25) is 0 Å². The minimum atomic E-state index is -5.10. The van der Waals surface area contributed by atoms with E-state index < -0.39 is 106 Å². The van der Waals surface area contributed by atoms with E-state index in [-0.39, 0.29) is 49.8 Å². The summed E-state index contributed by atoms with van der Waals surface area (Å²) < 4.78 is 184. The van der Waals surface area contributed by atoms with E-state index in [9.17, 15) is 71.9 Å². The molecule has 0 fully saturated rings. The molecule has 0 unspecified atom stereocenters. The average molecular weight is 1090 g/mol. The third-order valence-corrected chi connectivity index (χ3v) is 13.1. The van der Waals surface area contributed by atoms with Gasteiger partial charge in [0.15, 0.2) is 12.1 Å². The number of carbonyl (C=O) groups excluding carboxylic acids is 4. The number of alkyl halides is 12. The summed E-state index contributed by atoms with van der Waals surface area (Å²) in [4.78, 5) is 57.6. The van der Waals surface area contributed by atoms with Gasteiger partial charge in [-0.15, -0.1) is 0 Å². The summed E-state index contributed by atoms with van der Waals surface area (Å²) in [5.41, 5.74) is -3.06. The van der Waals surface area contributed by atoms with Crippen molar-refractivity contribution >= 4 is 46.9 Å². The summed E-state index contributed by atoms with van der Waals surface area (Å²) in [6.45, 7) is 13.9. The van der Waals surface area contributed by atoms with E-state index in [2.05, 4.69) is 0 Å². The Bertz CT molecular complexity index is 2550. The lowest BCUT2D eigenvalue weighted by atomic mass is 9.94. The standard InChI is InChI=1S/2C26H28F6N2O4/c2*1-6-19-13-33(20-8-14(3)15(4)9-21(20)34(19)24(36)38-7-2)22(23(35)37-5)16-10-17(25(27,28)29)12-18(11-16)26(30,31)32/h2*8-12,19,22H,6-7,13H2,1-5H3/t19-,22+;19-,22-/m11/s1. The third-order valence-electron chi connectivity index (χ3n) is 13.1. The lowest BCUT2D eigenvalue weighted by molar-refractivity contribution is -0.145. The zero-order valence-corrected chi connectivity index (χ0v) is 42.9. The second-order valence-corrected chi connectivity index (χ2v) is 17.9. The molecule has 4 aromatic carbocycles. The molecule has 416 valence electrons. The summed E-state index contributed by atoms with van der Waals surface area (Å²) >= 11 is 0. The van der Waals surface area contributed by atoms with Crippen LogP contribution >= 0.6 is 0 Å². The number of rotatable bonds is 10. The highest BCUT2D eigenvalue weighted by Crippen LogP contribution is 2.47. The van der Waals surface area contributed by atoms with Gasteiger partial charge in [-0.05, 0) is 148 Å². The Balaban J connectivity index is 0.000000281. The topological polar surface area (TPSA) is 118 Å². The Morgan fingerprint density at radius 3 is 0.947 bits per heavy atom. The van der Waals surface area contributed by atoms with Gasteiger partial charge in [0, 0.05) is 13.1 Å². The normalized spacial score (nSPS) is 16.7. The van der Waals surface area contributed by atoms with Crippen LogP contribution in [-0.2, 0) is 53.2 Å². The van der Waals surface area contributed by atoms with E-state index in [1.54, 1.807) is 79.7 Å². The van der Waals surface area contributed by atoms with Gasteiger partial charge in [0.1, 0.15) is 0 Å². The molecular formula is C52H56F12N4O8. The van der Waals surface area contributed by atoms with Gasteiger partial charge in [-0.25, -0.2) is 19.2 Å². The van der Waals surface area contributed by atoms with Gasteiger partial charge < -0.3 is 28.7 Å². The molecule has 0 spiro atoms. The van der Waals surface area contributed by atoms with Gasteiger partial charge in [-0.2, -0.15) is 52.7 Å². The molecule has 6 rings (SSSR count). The van der Waals surface area contributed by atoms with Crippen molar-refractivity contribution in [3.05, 3.63) is 116 Å². The zero-order valence-electron chi connectivity index (χ0n) is 42.9. The van der Waals surface area contributed by atoms with Crippen molar-refractivity contribution in [1.82, 2.24) is 0 Å². The average Bonchev–Trinajstić information content (AvgIpc) is 3.33. The van der Waals surface area contributed by atoms with Crippen LogP contribution in [0.25, 0.3) is 0 Å². The Morgan fingerprint density at radius 2 is 0.724 bits per heavy atom. The largest absolute Gasteiger partial charge is 0.467 e. The molecular weight excluding hydrogens is 1040 g/mol. The first-order valence-corrected chi connectivity index (χ1v) is 23.7. The number of halogens is 12. The van der Waals surface area contributed by atoms with E-state index in [1.807, 2.05) is 0 Å². The van der Waals surface area contributed by atoms with Crippen LogP contribution < -0.4 is 19.6 Å². The molecule has 0 radical (unpaired) electrons. The van der Waals surface area contributed by atoms with E-state index in [0.717, 1.165) is 36.5 Å². The van der Waals surface area contributed by atoms with Gasteiger partial charge >= 0.3 is 48.8 Å². The molecule has 0 aliphatic carbocycles. The zero-order chi connectivity index (χ0) is 57.2. The van der Waals surface area contributed by atoms with Crippen LogP contribution in [-0.4, -0.2) is 76.7 Å². The van der Waals surface area contributed by atoms with Gasteiger partial charge in [-0.1, -0.05) is 13.8 Å². The number of aryl methyl sites for hydroxylation is 4. The second kappa shape index (κ2) is 23.2. The van der Waals surface area contributed by atoms with Crippen LogP contribution in [0.15, 0.2) is 60.7 Å². The highest BCUT2D eigenvalue weighted by atomic mass is 19.4. The van der Waals surface area contributed by atoms with Gasteiger partial charge in [0.05, 0.1) is 84.5 Å². The number of hydrogen-bond donors (Lipinski definition) is 0. The van der Waals surface area contributed by atoms with Crippen LogP contribution in [0.2, 0.25) is 0 Å². The third kappa shape index (κ3) is 12.8. The van der Waals surface area contributed by atoms with Crippen LogP contribution in [0.5, 0.6) is 0 Å². The lowest BCUT2D eigenvalue weighted by Gasteiger charge is -2.45. The number of ether oxygens (including phenoxy) is 4. The maximum Gasteiger partial charge on any atom is 0.416 e. The van der Waals surface area contributed by atoms with E-state index in [1.165, 1.54) is 19.6 Å². The molecule has 24 heteroatoms. The Labute approximate surface area is 430 Å². The number of carbonyl (C=O) groups is 4. The summed E-state index contributed by atoms with van der Waals surface area (Å²) in [7, 11) is 2.00. The maximum atomic E-state index is 13.6. The molecule has 0 bridgehead atoms. The van der Waals surface area contributed by atoms with Gasteiger partial charge in [0.25, 0.3) is 0 Å². The van der Waals surface area contributed by atoms with Crippen LogP contribution in [0.3, 0.4) is 0 Å². The molecule has 0 aromatic heterocycles. The first-order valence-electron chi connectivity index (χ1n) is 23.7. The van der Waals surface area contributed by atoms with E-state index >= 15 is 0 Å². The smallest absolute Gasteiger partial charge is 0.416 e. The molecule has 2 amide bonds. The van der Waals surface area contributed by atoms with Crippen LogP contribution in [0.4, 0.5) is 85.0 Å². The monoisotopic (exact) mass is 1090 g/mol. The van der Waals surface area contributed by atoms with E-state index in [0.29, 0.717) is 48.5 Å². The Morgan fingerprint density at radius 1 is 0.461 bits per heavy atom. The number of anilines is 4. The molecule has 76 heavy (non-hydrogen) atoms. The first-order chi connectivity index (χ1) is 35.3. The lowest BCUT2D eigenvalue weighted by Crippen LogP contribution is -2.53. The molecule has 0 saturated heterocycles. The van der Waals surface area contributed by atoms with Crippen LogP contribution in [0, 0.1) is 27.7 Å². The molecule has 4 atom stereocenters. The quantitative estimate of drug-likeness (QED) is 0.0863. The van der Waals surface area contributed by atoms with Crippen molar-refractivity contribution < 1.29 is 90.8 Å². The van der Waals surface area contributed by atoms with Crippen molar-refractivity contribution in [1.29, 1.82) is 0 Å². The summed E-state index contributed by atoms with van der Waals surface area (Å²) in [6.07, 6.45) is -21.0. The molecule has 2 aliphatic heterocycles. The summed E-state index contributed by atoms with van der Waals surface area (Å²) in [5, 5.41) is 0. The number of nitrogens with zero attached hydrogens (tertiary/aromatic N) is 4.